The van der Waals surface area contributed by atoms with Crippen molar-refractivity contribution in [1.82, 2.24) is 0 Å². The van der Waals surface area contributed by atoms with E-state index in [1.807, 2.05) is 6.92 Å². The molecule has 1 aliphatic rings. The van der Waals surface area contributed by atoms with Gasteiger partial charge in [0.1, 0.15) is 0 Å². The average molecular weight is 363 g/mol. The van der Waals surface area contributed by atoms with Crippen LogP contribution in [0.4, 0.5) is 0 Å². The Balaban J connectivity index is 2.51. The minimum absolute atomic E-state index is 0.0259. The van der Waals surface area contributed by atoms with Gasteiger partial charge in [0.15, 0.2) is 5.78 Å². The van der Waals surface area contributed by atoms with Gasteiger partial charge < -0.3 is 10.2 Å². The van der Waals surface area contributed by atoms with Crippen molar-refractivity contribution >= 4 is 11.8 Å². The molecular formula is C22H34O4. The van der Waals surface area contributed by atoms with Crippen LogP contribution in [0.25, 0.3) is 0 Å². The summed E-state index contributed by atoms with van der Waals surface area (Å²) in [4.78, 5) is 22.8. The van der Waals surface area contributed by atoms with Crippen molar-refractivity contribution in [2.24, 2.45) is 17.3 Å². The fourth-order valence-electron chi connectivity index (χ4n) is 3.31. The molecule has 0 aromatic rings. The van der Waals surface area contributed by atoms with Crippen LogP contribution < -0.4 is 0 Å². The predicted octanol–water partition coefficient (Wildman–Crippen LogP) is 4.36. The SMILES string of the molecule is CCCCCC(C(=O)O)C(C)CCC(C)(C)CC#CC1=CC(=O)CC1O. The molecule has 26 heavy (non-hydrogen) atoms. The zero-order valence-corrected chi connectivity index (χ0v) is 16.7. The van der Waals surface area contributed by atoms with E-state index in [2.05, 4.69) is 32.6 Å². The van der Waals surface area contributed by atoms with Crippen molar-refractivity contribution in [2.75, 3.05) is 0 Å². The van der Waals surface area contributed by atoms with Crippen LogP contribution in [-0.2, 0) is 9.59 Å². The number of rotatable bonds is 10. The summed E-state index contributed by atoms with van der Waals surface area (Å²) in [5, 5.41) is 19.2. The third-order valence-electron chi connectivity index (χ3n) is 5.27. The molecule has 0 saturated carbocycles. The van der Waals surface area contributed by atoms with Gasteiger partial charge in [0.25, 0.3) is 0 Å². The molecule has 4 heteroatoms. The maximum Gasteiger partial charge on any atom is 0.306 e. The summed E-state index contributed by atoms with van der Waals surface area (Å²) in [7, 11) is 0. The molecule has 0 amide bonds. The monoisotopic (exact) mass is 362 g/mol. The fraction of sp³-hybridized carbons (Fsp3) is 0.727. The Morgan fingerprint density at radius 2 is 2.04 bits per heavy atom. The highest BCUT2D eigenvalue weighted by Gasteiger charge is 2.27. The first-order valence-electron chi connectivity index (χ1n) is 9.80. The van der Waals surface area contributed by atoms with Crippen LogP contribution in [0.1, 0.15) is 79.1 Å². The van der Waals surface area contributed by atoms with Gasteiger partial charge in [0.2, 0.25) is 0 Å². The van der Waals surface area contributed by atoms with Crippen LogP contribution in [0, 0.1) is 29.1 Å². The number of aliphatic hydroxyl groups excluding tert-OH is 1. The largest absolute Gasteiger partial charge is 0.481 e. The van der Waals surface area contributed by atoms with E-state index in [1.165, 1.54) is 6.08 Å². The number of carbonyl (C=O) groups is 2. The van der Waals surface area contributed by atoms with E-state index in [4.69, 9.17) is 0 Å². The topological polar surface area (TPSA) is 74.6 Å². The summed E-state index contributed by atoms with van der Waals surface area (Å²) in [5.41, 5.74) is 0.489. The molecular weight excluding hydrogens is 328 g/mol. The first-order chi connectivity index (χ1) is 12.2. The van der Waals surface area contributed by atoms with Crippen LogP contribution in [0.3, 0.4) is 0 Å². The Kier molecular flexibility index (Phi) is 9.08. The van der Waals surface area contributed by atoms with E-state index >= 15 is 0 Å². The fourth-order valence-corrected chi connectivity index (χ4v) is 3.31. The molecule has 3 unspecified atom stereocenters. The number of hydrogen-bond donors (Lipinski definition) is 2. The quantitative estimate of drug-likeness (QED) is 0.447. The molecule has 0 spiro atoms. The molecule has 0 aliphatic heterocycles. The lowest BCUT2D eigenvalue weighted by Gasteiger charge is -2.26. The molecule has 0 aromatic heterocycles. The number of carboxylic acid groups (broad SMARTS) is 1. The van der Waals surface area contributed by atoms with Gasteiger partial charge in [-0.2, -0.15) is 0 Å². The van der Waals surface area contributed by atoms with Crippen LogP contribution in [0.5, 0.6) is 0 Å². The molecule has 4 nitrogen and oxygen atoms in total. The van der Waals surface area contributed by atoms with Gasteiger partial charge in [-0.15, -0.1) is 0 Å². The number of aliphatic hydroxyl groups is 1. The summed E-state index contributed by atoms with van der Waals surface area (Å²) in [5.74, 6) is 5.14. The zero-order chi connectivity index (χ0) is 19.7. The second-order valence-electron chi connectivity index (χ2n) is 8.39. The van der Waals surface area contributed by atoms with Gasteiger partial charge in [0, 0.05) is 18.4 Å². The number of carboxylic acids is 1. The predicted molar refractivity (Wildman–Crippen MR) is 104 cm³/mol. The number of unbranched alkanes of at least 4 members (excludes halogenated alkanes) is 2. The number of hydrogen-bond acceptors (Lipinski definition) is 3. The average Bonchev–Trinajstić information content (AvgIpc) is 2.86. The van der Waals surface area contributed by atoms with Crippen molar-refractivity contribution in [3.8, 4) is 11.8 Å². The van der Waals surface area contributed by atoms with Crippen molar-refractivity contribution in [1.29, 1.82) is 0 Å². The second kappa shape index (κ2) is 10.5. The minimum atomic E-state index is -0.752. The molecule has 0 fully saturated rings. The van der Waals surface area contributed by atoms with E-state index in [0.717, 1.165) is 38.5 Å². The smallest absolute Gasteiger partial charge is 0.306 e. The van der Waals surface area contributed by atoms with Crippen molar-refractivity contribution < 1.29 is 19.8 Å². The Bertz CT molecular complexity index is 577. The van der Waals surface area contributed by atoms with Crippen LogP contribution in [0.15, 0.2) is 11.6 Å². The van der Waals surface area contributed by atoms with Crippen molar-refractivity contribution in [3.05, 3.63) is 11.6 Å². The normalized spacial score (nSPS) is 19.5. The summed E-state index contributed by atoms with van der Waals surface area (Å²) in [6.45, 7) is 8.43. The maximum atomic E-state index is 11.6. The Morgan fingerprint density at radius 1 is 1.35 bits per heavy atom. The molecule has 0 aromatic carbocycles. The molecule has 0 heterocycles. The van der Waals surface area contributed by atoms with E-state index in [-0.39, 0.29) is 29.5 Å². The zero-order valence-electron chi connectivity index (χ0n) is 16.7. The Labute approximate surface area is 158 Å². The number of carbonyl (C=O) groups excluding carboxylic acids is 1. The van der Waals surface area contributed by atoms with Gasteiger partial charge in [-0.3, -0.25) is 9.59 Å². The first-order valence-corrected chi connectivity index (χ1v) is 9.80. The maximum absolute atomic E-state index is 11.6. The second-order valence-corrected chi connectivity index (χ2v) is 8.39. The molecule has 146 valence electrons. The van der Waals surface area contributed by atoms with Crippen LogP contribution >= 0.6 is 0 Å². The summed E-state index contributed by atoms with van der Waals surface area (Å²) in [6.07, 6.45) is 7.16. The van der Waals surface area contributed by atoms with Crippen LogP contribution in [0.2, 0.25) is 0 Å². The molecule has 0 saturated heterocycles. The highest BCUT2D eigenvalue weighted by Crippen LogP contribution is 2.32. The van der Waals surface area contributed by atoms with E-state index in [9.17, 15) is 19.8 Å². The highest BCUT2D eigenvalue weighted by atomic mass is 16.4. The van der Waals surface area contributed by atoms with E-state index in [1.54, 1.807) is 0 Å². The molecule has 1 rings (SSSR count). The van der Waals surface area contributed by atoms with Gasteiger partial charge in [0.05, 0.1) is 12.0 Å². The Morgan fingerprint density at radius 3 is 2.58 bits per heavy atom. The lowest BCUT2D eigenvalue weighted by Crippen LogP contribution is -2.23. The summed E-state index contributed by atoms with van der Waals surface area (Å²) >= 11 is 0. The van der Waals surface area contributed by atoms with Crippen molar-refractivity contribution in [3.63, 3.8) is 0 Å². The summed E-state index contributed by atoms with van der Waals surface area (Å²) in [6, 6.07) is 0. The molecule has 1 aliphatic carbocycles. The third-order valence-corrected chi connectivity index (χ3v) is 5.27. The minimum Gasteiger partial charge on any atom is -0.481 e. The van der Waals surface area contributed by atoms with Crippen LogP contribution in [-0.4, -0.2) is 28.1 Å². The lowest BCUT2D eigenvalue weighted by molar-refractivity contribution is -0.144. The molecule has 0 radical (unpaired) electrons. The third kappa shape index (κ3) is 7.74. The van der Waals surface area contributed by atoms with E-state index < -0.39 is 12.1 Å². The van der Waals surface area contributed by atoms with Crippen molar-refractivity contribution in [2.45, 2.75) is 85.2 Å². The van der Waals surface area contributed by atoms with Gasteiger partial charge >= 0.3 is 5.97 Å². The Hall–Kier alpha value is -1.60. The van der Waals surface area contributed by atoms with Gasteiger partial charge in [-0.25, -0.2) is 0 Å². The molecule has 0 bridgehead atoms. The highest BCUT2D eigenvalue weighted by molar-refractivity contribution is 5.95. The number of allylic oxidation sites excluding steroid dienone is 1. The standard InChI is InChI=1S/C22H34O4/c1-5-6-7-10-19(21(25)26)16(2)11-13-22(3,4)12-8-9-17-14-18(23)15-20(17)24/h14,16,19-20,24H,5-7,10-13,15H2,1-4H3,(H,25,26). The first kappa shape index (κ1) is 22.4. The lowest BCUT2D eigenvalue weighted by atomic mass is 9.78. The van der Waals surface area contributed by atoms with Gasteiger partial charge in [-0.05, 0) is 36.7 Å². The molecule has 2 N–H and O–H groups in total. The number of aliphatic carboxylic acids is 1. The summed E-state index contributed by atoms with van der Waals surface area (Å²) < 4.78 is 0. The number of ketones is 1. The van der Waals surface area contributed by atoms with E-state index in [0.29, 0.717) is 12.0 Å². The van der Waals surface area contributed by atoms with Gasteiger partial charge in [-0.1, -0.05) is 58.8 Å². The molecule has 3 atom stereocenters.